The molecule has 1 aromatic carbocycles. The molecule has 0 radical (unpaired) electrons. The van der Waals surface area contributed by atoms with E-state index in [0.29, 0.717) is 6.04 Å². The Bertz CT molecular complexity index is 561. The number of thiazole rings is 1. The number of piperazine rings is 1. The Morgan fingerprint density at radius 3 is 2.65 bits per heavy atom. The Kier molecular flexibility index (Phi) is 4.51. The van der Waals surface area contributed by atoms with Crippen LogP contribution in [0.4, 0.5) is 0 Å². The van der Waals surface area contributed by atoms with Crippen molar-refractivity contribution in [3.8, 4) is 11.3 Å². The lowest BCUT2D eigenvalue weighted by molar-refractivity contribution is 0.185. The maximum atomic E-state index is 4.83. The molecule has 20 heavy (non-hydrogen) atoms. The number of hydrogen-bond acceptors (Lipinski definition) is 4. The van der Waals surface area contributed by atoms with E-state index in [1.165, 1.54) is 10.6 Å². The molecule has 1 aromatic heterocycles. The Morgan fingerprint density at radius 2 is 1.95 bits per heavy atom. The molecule has 1 unspecified atom stereocenters. The zero-order valence-corrected chi connectivity index (χ0v) is 13.9. The van der Waals surface area contributed by atoms with Crippen LogP contribution in [-0.4, -0.2) is 36.1 Å². The van der Waals surface area contributed by atoms with Crippen LogP contribution in [0.25, 0.3) is 11.3 Å². The maximum Gasteiger partial charge on any atom is 0.110 e. The van der Waals surface area contributed by atoms with E-state index in [1.807, 2.05) is 0 Å². The van der Waals surface area contributed by atoms with Gasteiger partial charge in [-0.05, 0) is 19.1 Å². The molecule has 0 saturated carbocycles. The highest BCUT2D eigenvalue weighted by molar-refractivity contribution is 9.10. The molecule has 106 valence electrons. The normalized spacial score (nSPS) is 18.1. The fraction of sp³-hybridized carbons (Fsp3) is 0.400. The van der Waals surface area contributed by atoms with E-state index in [-0.39, 0.29) is 0 Å². The SMILES string of the molecule is CC(c1nc(-c2ccc(Br)cc2)cs1)N1CCNCC1. The summed E-state index contributed by atoms with van der Waals surface area (Å²) in [5.41, 5.74) is 2.27. The summed E-state index contributed by atoms with van der Waals surface area (Å²) in [5, 5.41) is 6.77. The van der Waals surface area contributed by atoms with Crippen molar-refractivity contribution in [3.05, 3.63) is 39.1 Å². The van der Waals surface area contributed by atoms with Crippen LogP contribution in [0, 0.1) is 0 Å². The molecular formula is C15H18BrN3S. The highest BCUT2D eigenvalue weighted by Gasteiger charge is 2.20. The van der Waals surface area contributed by atoms with Gasteiger partial charge in [-0.3, -0.25) is 4.90 Å². The van der Waals surface area contributed by atoms with E-state index in [1.54, 1.807) is 11.3 Å². The number of hydrogen-bond donors (Lipinski definition) is 1. The van der Waals surface area contributed by atoms with Crippen LogP contribution >= 0.6 is 27.3 Å². The Morgan fingerprint density at radius 1 is 1.25 bits per heavy atom. The average Bonchev–Trinajstić information content (AvgIpc) is 2.98. The van der Waals surface area contributed by atoms with Crippen LogP contribution < -0.4 is 5.32 Å². The molecule has 1 atom stereocenters. The minimum absolute atomic E-state index is 0.409. The molecule has 5 heteroatoms. The highest BCUT2D eigenvalue weighted by Crippen LogP contribution is 2.29. The van der Waals surface area contributed by atoms with E-state index in [2.05, 4.69) is 62.7 Å². The first kappa shape index (κ1) is 14.2. The lowest BCUT2D eigenvalue weighted by Gasteiger charge is -2.31. The molecule has 0 amide bonds. The summed E-state index contributed by atoms with van der Waals surface area (Å²) in [7, 11) is 0. The molecule has 0 aliphatic carbocycles. The van der Waals surface area contributed by atoms with Gasteiger partial charge in [0.15, 0.2) is 0 Å². The standard InChI is InChI=1S/C15H18BrN3S/c1-11(19-8-6-17-7-9-19)15-18-14(10-20-15)12-2-4-13(16)5-3-12/h2-5,10-11,17H,6-9H2,1H3. The third kappa shape index (κ3) is 3.11. The van der Waals surface area contributed by atoms with Crippen LogP contribution in [0.1, 0.15) is 18.0 Å². The molecule has 0 bridgehead atoms. The smallest absolute Gasteiger partial charge is 0.110 e. The summed E-state index contributed by atoms with van der Waals surface area (Å²) in [5.74, 6) is 0. The lowest BCUT2D eigenvalue weighted by Crippen LogP contribution is -2.44. The first-order valence-electron chi connectivity index (χ1n) is 6.90. The van der Waals surface area contributed by atoms with Crippen molar-refractivity contribution in [2.75, 3.05) is 26.2 Å². The minimum atomic E-state index is 0.409. The molecule has 0 spiro atoms. The van der Waals surface area contributed by atoms with E-state index in [4.69, 9.17) is 4.98 Å². The van der Waals surface area contributed by atoms with E-state index in [9.17, 15) is 0 Å². The van der Waals surface area contributed by atoms with Crippen LogP contribution in [0.5, 0.6) is 0 Å². The third-order valence-corrected chi connectivity index (χ3v) is 5.26. The molecule has 1 aliphatic heterocycles. The zero-order valence-electron chi connectivity index (χ0n) is 11.5. The number of nitrogens with one attached hydrogen (secondary N) is 1. The predicted octanol–water partition coefficient (Wildman–Crippen LogP) is 3.54. The van der Waals surface area contributed by atoms with Gasteiger partial charge in [0.05, 0.1) is 11.7 Å². The van der Waals surface area contributed by atoms with Gasteiger partial charge in [0.2, 0.25) is 0 Å². The second-order valence-corrected chi connectivity index (χ2v) is 6.85. The lowest BCUT2D eigenvalue weighted by atomic mass is 10.2. The molecule has 3 nitrogen and oxygen atoms in total. The summed E-state index contributed by atoms with van der Waals surface area (Å²) in [4.78, 5) is 7.33. The van der Waals surface area contributed by atoms with E-state index in [0.717, 1.165) is 36.3 Å². The first-order chi connectivity index (χ1) is 9.74. The second-order valence-electron chi connectivity index (χ2n) is 5.04. The molecule has 1 aliphatic rings. The largest absolute Gasteiger partial charge is 0.314 e. The van der Waals surface area contributed by atoms with Gasteiger partial charge >= 0.3 is 0 Å². The van der Waals surface area contributed by atoms with Crippen molar-refractivity contribution in [2.45, 2.75) is 13.0 Å². The fourth-order valence-corrected chi connectivity index (χ4v) is 3.64. The highest BCUT2D eigenvalue weighted by atomic mass is 79.9. The summed E-state index contributed by atoms with van der Waals surface area (Å²) in [6.45, 7) is 6.63. The summed E-state index contributed by atoms with van der Waals surface area (Å²) < 4.78 is 1.10. The van der Waals surface area contributed by atoms with Crippen molar-refractivity contribution < 1.29 is 0 Å². The molecule has 2 aromatic rings. The minimum Gasteiger partial charge on any atom is -0.314 e. The Hall–Kier alpha value is -0.750. The number of aromatic nitrogens is 1. The maximum absolute atomic E-state index is 4.83. The van der Waals surface area contributed by atoms with Crippen molar-refractivity contribution in [1.82, 2.24) is 15.2 Å². The van der Waals surface area contributed by atoms with E-state index < -0.39 is 0 Å². The number of rotatable bonds is 3. The first-order valence-corrected chi connectivity index (χ1v) is 8.57. The van der Waals surface area contributed by atoms with Crippen LogP contribution in [0.2, 0.25) is 0 Å². The molecule has 1 saturated heterocycles. The van der Waals surface area contributed by atoms with Gasteiger partial charge in [-0.2, -0.15) is 0 Å². The van der Waals surface area contributed by atoms with Gasteiger partial charge in [-0.25, -0.2) is 4.98 Å². The summed E-state index contributed by atoms with van der Waals surface area (Å²) in [6.07, 6.45) is 0. The topological polar surface area (TPSA) is 28.2 Å². The van der Waals surface area contributed by atoms with Gasteiger partial charge in [-0.1, -0.05) is 28.1 Å². The summed E-state index contributed by atoms with van der Waals surface area (Å²) in [6, 6.07) is 8.75. The number of halogens is 1. The van der Waals surface area contributed by atoms with Crippen molar-refractivity contribution >= 4 is 27.3 Å². The van der Waals surface area contributed by atoms with Crippen molar-refractivity contribution in [1.29, 1.82) is 0 Å². The van der Waals surface area contributed by atoms with Gasteiger partial charge in [0, 0.05) is 41.6 Å². The molecule has 1 N–H and O–H groups in total. The molecule has 3 rings (SSSR count). The molecular weight excluding hydrogens is 334 g/mol. The fourth-order valence-electron chi connectivity index (χ4n) is 2.46. The monoisotopic (exact) mass is 351 g/mol. The molecule has 2 heterocycles. The Balaban J connectivity index is 1.77. The van der Waals surface area contributed by atoms with Crippen LogP contribution in [-0.2, 0) is 0 Å². The number of benzene rings is 1. The zero-order chi connectivity index (χ0) is 13.9. The van der Waals surface area contributed by atoms with Crippen LogP contribution in [0.15, 0.2) is 34.1 Å². The average molecular weight is 352 g/mol. The second kappa shape index (κ2) is 6.35. The summed E-state index contributed by atoms with van der Waals surface area (Å²) >= 11 is 5.23. The number of nitrogens with zero attached hydrogens (tertiary/aromatic N) is 2. The third-order valence-electron chi connectivity index (χ3n) is 3.72. The van der Waals surface area contributed by atoms with Crippen molar-refractivity contribution in [3.63, 3.8) is 0 Å². The quantitative estimate of drug-likeness (QED) is 0.916. The Labute approximate surface area is 132 Å². The van der Waals surface area contributed by atoms with E-state index >= 15 is 0 Å². The van der Waals surface area contributed by atoms with Gasteiger partial charge in [-0.15, -0.1) is 11.3 Å². The van der Waals surface area contributed by atoms with Crippen molar-refractivity contribution in [2.24, 2.45) is 0 Å². The molecule has 1 fully saturated rings. The predicted molar refractivity (Wildman–Crippen MR) is 88.1 cm³/mol. The van der Waals surface area contributed by atoms with Crippen LogP contribution in [0.3, 0.4) is 0 Å². The van der Waals surface area contributed by atoms with Gasteiger partial charge in [0.25, 0.3) is 0 Å². The van der Waals surface area contributed by atoms with Gasteiger partial charge < -0.3 is 5.32 Å². The van der Waals surface area contributed by atoms with Gasteiger partial charge in [0.1, 0.15) is 5.01 Å².